The molecule has 0 aliphatic rings. The molecule has 0 unspecified atom stereocenters. The number of hydrogen-bond acceptors (Lipinski definition) is 0. The van der Waals surface area contributed by atoms with Gasteiger partial charge in [-0.1, -0.05) is 37.8 Å². The molecule has 0 amide bonds. The summed E-state index contributed by atoms with van der Waals surface area (Å²) in [6, 6.07) is 4.58. The molecule has 0 fully saturated rings. The Labute approximate surface area is 93.3 Å². The van der Waals surface area contributed by atoms with Crippen molar-refractivity contribution in [3.8, 4) is 0 Å². The van der Waals surface area contributed by atoms with Crippen molar-refractivity contribution < 1.29 is 0 Å². The summed E-state index contributed by atoms with van der Waals surface area (Å²) in [6.07, 6.45) is 5.02. The van der Waals surface area contributed by atoms with E-state index >= 15 is 0 Å². The van der Waals surface area contributed by atoms with Gasteiger partial charge in [-0.3, -0.25) is 0 Å². The third-order valence-electron chi connectivity index (χ3n) is 2.86. The molecule has 0 atom stereocenters. The van der Waals surface area contributed by atoms with E-state index in [1.807, 2.05) is 6.08 Å². The van der Waals surface area contributed by atoms with Crippen LogP contribution in [0.4, 0.5) is 0 Å². The Bertz CT molecular complexity index is 395. The fraction of sp³-hybridized carbons (Fsp3) is 0.333. The molecule has 0 bridgehead atoms. The summed E-state index contributed by atoms with van der Waals surface area (Å²) >= 11 is 0. The molecular weight excluding hydrogens is 180 g/mol. The van der Waals surface area contributed by atoms with Gasteiger partial charge in [0.05, 0.1) is 0 Å². The minimum absolute atomic E-state index is 1.11. The smallest absolute Gasteiger partial charge is 0.0195 e. The molecule has 0 saturated heterocycles. The van der Waals surface area contributed by atoms with E-state index in [1.165, 1.54) is 27.8 Å². The van der Waals surface area contributed by atoms with E-state index in [2.05, 4.69) is 52.5 Å². The van der Waals surface area contributed by atoms with Crippen molar-refractivity contribution in [2.24, 2.45) is 0 Å². The minimum atomic E-state index is 1.11. The van der Waals surface area contributed by atoms with Crippen LogP contribution in [0.15, 0.2) is 30.9 Å². The van der Waals surface area contributed by atoms with Gasteiger partial charge in [0.25, 0.3) is 0 Å². The molecule has 0 radical (unpaired) electrons. The molecule has 0 N–H and O–H groups in total. The zero-order chi connectivity index (χ0) is 11.4. The highest BCUT2D eigenvalue weighted by molar-refractivity contribution is 5.68. The first kappa shape index (κ1) is 11.8. The van der Waals surface area contributed by atoms with Gasteiger partial charge in [0.15, 0.2) is 0 Å². The quantitative estimate of drug-likeness (QED) is 0.632. The first-order valence-corrected chi connectivity index (χ1v) is 5.50. The van der Waals surface area contributed by atoms with Gasteiger partial charge in [-0.05, 0) is 55.0 Å². The Morgan fingerprint density at radius 3 is 2.47 bits per heavy atom. The lowest BCUT2D eigenvalue weighted by Crippen LogP contribution is -1.93. The zero-order valence-electron chi connectivity index (χ0n) is 10.2. The van der Waals surface area contributed by atoms with Crippen LogP contribution < -0.4 is 0 Å². The van der Waals surface area contributed by atoms with Crippen LogP contribution in [-0.4, -0.2) is 0 Å². The van der Waals surface area contributed by atoms with Crippen LogP contribution in [0.2, 0.25) is 0 Å². The van der Waals surface area contributed by atoms with E-state index in [9.17, 15) is 0 Å². The molecule has 1 aromatic carbocycles. The molecule has 1 aromatic rings. The minimum Gasteiger partial charge on any atom is -0.0991 e. The van der Waals surface area contributed by atoms with Crippen molar-refractivity contribution in [3.63, 3.8) is 0 Å². The molecule has 80 valence electrons. The van der Waals surface area contributed by atoms with E-state index in [1.54, 1.807) is 0 Å². The third kappa shape index (κ3) is 2.59. The van der Waals surface area contributed by atoms with Gasteiger partial charge in [0.1, 0.15) is 0 Å². The molecule has 0 aliphatic heterocycles. The Morgan fingerprint density at radius 2 is 1.93 bits per heavy atom. The SMILES string of the molecule is C=CC=C(C)c1cc(C)c(CC)cc1C. The molecule has 0 aliphatic carbocycles. The molecular formula is C15H20. The van der Waals surface area contributed by atoms with Gasteiger partial charge in [-0.2, -0.15) is 0 Å². The second-order valence-electron chi connectivity index (χ2n) is 4.03. The Balaban J connectivity index is 3.27. The summed E-state index contributed by atoms with van der Waals surface area (Å²) in [5, 5.41) is 0. The van der Waals surface area contributed by atoms with Crippen LogP contribution in [-0.2, 0) is 6.42 Å². The van der Waals surface area contributed by atoms with Gasteiger partial charge in [0, 0.05) is 0 Å². The Hall–Kier alpha value is -1.30. The predicted molar refractivity (Wildman–Crippen MR) is 69.1 cm³/mol. The van der Waals surface area contributed by atoms with Gasteiger partial charge < -0.3 is 0 Å². The van der Waals surface area contributed by atoms with Gasteiger partial charge in [-0.25, -0.2) is 0 Å². The largest absolute Gasteiger partial charge is 0.0991 e. The van der Waals surface area contributed by atoms with E-state index < -0.39 is 0 Å². The summed E-state index contributed by atoms with van der Waals surface area (Å²) in [5.41, 5.74) is 6.81. The number of allylic oxidation sites excluding steroid dienone is 3. The summed E-state index contributed by atoms with van der Waals surface area (Å²) in [4.78, 5) is 0. The highest BCUT2D eigenvalue weighted by Crippen LogP contribution is 2.23. The maximum Gasteiger partial charge on any atom is -0.0195 e. The normalized spacial score (nSPS) is 11.6. The standard InChI is InChI=1S/C15H20/c1-6-8-11(3)15-10-12(4)14(7-2)9-13(15)5/h6,8-10H,1,7H2,2-5H3. The van der Waals surface area contributed by atoms with Crippen molar-refractivity contribution in [3.05, 3.63) is 53.1 Å². The summed E-state index contributed by atoms with van der Waals surface area (Å²) in [6.45, 7) is 12.4. The number of rotatable bonds is 3. The lowest BCUT2D eigenvalue weighted by molar-refractivity contribution is 1.10. The summed E-state index contributed by atoms with van der Waals surface area (Å²) < 4.78 is 0. The first-order valence-electron chi connectivity index (χ1n) is 5.50. The lowest BCUT2D eigenvalue weighted by atomic mass is 9.94. The van der Waals surface area contributed by atoms with E-state index in [0.717, 1.165) is 6.42 Å². The highest BCUT2D eigenvalue weighted by atomic mass is 14.1. The van der Waals surface area contributed by atoms with Crippen molar-refractivity contribution in [2.75, 3.05) is 0 Å². The van der Waals surface area contributed by atoms with Gasteiger partial charge >= 0.3 is 0 Å². The average molecular weight is 200 g/mol. The molecule has 0 aromatic heterocycles. The topological polar surface area (TPSA) is 0 Å². The van der Waals surface area contributed by atoms with E-state index in [4.69, 9.17) is 0 Å². The van der Waals surface area contributed by atoms with Crippen molar-refractivity contribution >= 4 is 5.57 Å². The van der Waals surface area contributed by atoms with Crippen molar-refractivity contribution in [1.82, 2.24) is 0 Å². The van der Waals surface area contributed by atoms with Crippen LogP contribution in [0, 0.1) is 13.8 Å². The molecule has 0 saturated carbocycles. The van der Waals surface area contributed by atoms with Crippen LogP contribution in [0.25, 0.3) is 5.57 Å². The summed E-state index contributed by atoms with van der Waals surface area (Å²) in [7, 11) is 0. The van der Waals surface area contributed by atoms with Crippen LogP contribution in [0.1, 0.15) is 36.1 Å². The van der Waals surface area contributed by atoms with E-state index in [-0.39, 0.29) is 0 Å². The molecule has 0 nitrogen and oxygen atoms in total. The predicted octanol–water partition coefficient (Wildman–Crippen LogP) is 4.46. The summed E-state index contributed by atoms with van der Waals surface area (Å²) in [5.74, 6) is 0. The molecule has 15 heavy (non-hydrogen) atoms. The first-order chi connectivity index (χ1) is 7.10. The molecule has 0 heterocycles. The third-order valence-corrected chi connectivity index (χ3v) is 2.86. The number of benzene rings is 1. The molecule has 1 rings (SSSR count). The number of aryl methyl sites for hydroxylation is 3. The van der Waals surface area contributed by atoms with Crippen molar-refractivity contribution in [2.45, 2.75) is 34.1 Å². The second kappa shape index (κ2) is 4.97. The van der Waals surface area contributed by atoms with Gasteiger partial charge in [-0.15, -0.1) is 0 Å². The Kier molecular flexibility index (Phi) is 3.90. The molecule has 0 spiro atoms. The molecule has 0 heteroatoms. The average Bonchev–Trinajstić information content (AvgIpc) is 2.21. The fourth-order valence-corrected chi connectivity index (χ4v) is 1.95. The zero-order valence-corrected chi connectivity index (χ0v) is 10.2. The highest BCUT2D eigenvalue weighted by Gasteiger charge is 2.04. The maximum atomic E-state index is 3.74. The van der Waals surface area contributed by atoms with Crippen LogP contribution in [0.3, 0.4) is 0 Å². The van der Waals surface area contributed by atoms with E-state index in [0.29, 0.717) is 0 Å². The van der Waals surface area contributed by atoms with Crippen molar-refractivity contribution in [1.29, 1.82) is 0 Å². The van der Waals surface area contributed by atoms with Crippen LogP contribution >= 0.6 is 0 Å². The lowest BCUT2D eigenvalue weighted by Gasteiger charge is -2.11. The fourth-order valence-electron chi connectivity index (χ4n) is 1.95. The monoisotopic (exact) mass is 200 g/mol. The number of hydrogen-bond donors (Lipinski definition) is 0. The van der Waals surface area contributed by atoms with Gasteiger partial charge in [0.2, 0.25) is 0 Å². The second-order valence-corrected chi connectivity index (χ2v) is 4.03. The van der Waals surface area contributed by atoms with Crippen LogP contribution in [0.5, 0.6) is 0 Å². The Morgan fingerprint density at radius 1 is 1.27 bits per heavy atom. The maximum absolute atomic E-state index is 3.74.